The number of ether oxygens (including phenoxy) is 1. The van der Waals surface area contributed by atoms with Crippen LogP contribution in [0.3, 0.4) is 0 Å². The summed E-state index contributed by atoms with van der Waals surface area (Å²) in [6.07, 6.45) is 9.08. The molecule has 3 amide bonds. The number of nitrogens with one attached hydrogen (secondary N) is 1. The molecule has 0 radical (unpaired) electrons. The van der Waals surface area contributed by atoms with E-state index in [9.17, 15) is 19.2 Å². The predicted molar refractivity (Wildman–Crippen MR) is 102 cm³/mol. The quantitative estimate of drug-likeness (QED) is 0.425. The van der Waals surface area contributed by atoms with Gasteiger partial charge in [0.15, 0.2) is 6.10 Å². The number of carbonyl (C=O) groups is 4. The molecule has 28 heavy (non-hydrogen) atoms. The van der Waals surface area contributed by atoms with Crippen LogP contribution >= 0.6 is 0 Å². The molecule has 156 valence electrons. The third-order valence-corrected chi connectivity index (χ3v) is 6.35. The highest BCUT2D eigenvalue weighted by molar-refractivity contribution is 6.05. The smallest absolute Gasteiger partial charge is 0.308 e. The number of fused-ring (bicyclic) bond motifs is 1. The molecule has 7 heteroatoms. The van der Waals surface area contributed by atoms with Gasteiger partial charge in [0, 0.05) is 12.6 Å². The van der Waals surface area contributed by atoms with E-state index in [1.54, 1.807) is 6.92 Å². The molecule has 1 N–H and O–H groups in total. The monoisotopic (exact) mass is 392 g/mol. The summed E-state index contributed by atoms with van der Waals surface area (Å²) < 4.78 is 5.23. The molecule has 0 bridgehead atoms. The summed E-state index contributed by atoms with van der Waals surface area (Å²) in [5.74, 6) is -1.55. The summed E-state index contributed by atoms with van der Waals surface area (Å²) in [6, 6.07) is 0.152. The normalized spacial score (nSPS) is 27.1. The maximum Gasteiger partial charge on any atom is 0.308 e. The van der Waals surface area contributed by atoms with Gasteiger partial charge in [-0.05, 0) is 32.6 Å². The van der Waals surface area contributed by atoms with Crippen molar-refractivity contribution in [2.45, 2.75) is 89.7 Å². The molecule has 0 unspecified atom stereocenters. The second-order valence-electron chi connectivity index (χ2n) is 8.40. The zero-order valence-corrected chi connectivity index (χ0v) is 16.8. The highest BCUT2D eigenvalue weighted by Crippen LogP contribution is 2.37. The molecule has 3 aliphatic rings. The zero-order valence-electron chi connectivity index (χ0n) is 16.8. The van der Waals surface area contributed by atoms with E-state index in [0.29, 0.717) is 0 Å². The van der Waals surface area contributed by atoms with Crippen LogP contribution in [0.2, 0.25) is 0 Å². The van der Waals surface area contributed by atoms with Crippen molar-refractivity contribution < 1.29 is 23.9 Å². The third kappa shape index (κ3) is 4.92. The van der Waals surface area contributed by atoms with E-state index >= 15 is 0 Å². The van der Waals surface area contributed by atoms with Gasteiger partial charge < -0.3 is 10.1 Å². The minimum absolute atomic E-state index is 0.0421. The molecule has 1 heterocycles. The van der Waals surface area contributed by atoms with Crippen LogP contribution < -0.4 is 5.32 Å². The van der Waals surface area contributed by atoms with Crippen LogP contribution in [0.15, 0.2) is 0 Å². The predicted octanol–water partition coefficient (Wildman–Crippen LogP) is 2.32. The fourth-order valence-electron chi connectivity index (χ4n) is 4.71. The van der Waals surface area contributed by atoms with Gasteiger partial charge >= 0.3 is 5.97 Å². The van der Waals surface area contributed by atoms with Crippen molar-refractivity contribution in [2.24, 2.45) is 11.8 Å². The Balaban J connectivity index is 1.42. The zero-order chi connectivity index (χ0) is 20.1. The minimum atomic E-state index is -0.872. The maximum atomic E-state index is 12.4. The van der Waals surface area contributed by atoms with Gasteiger partial charge in [0.05, 0.1) is 18.3 Å². The lowest BCUT2D eigenvalue weighted by atomic mass is 9.81. The summed E-state index contributed by atoms with van der Waals surface area (Å²) in [5, 5.41) is 2.97. The molecular formula is C21H32N2O5. The van der Waals surface area contributed by atoms with Gasteiger partial charge in [-0.15, -0.1) is 0 Å². The lowest BCUT2D eigenvalue weighted by molar-refractivity contribution is -0.156. The fourth-order valence-corrected chi connectivity index (χ4v) is 4.71. The standard InChI is InChI=1S/C21H32N2O5/c1-14(19(25)22-15-8-4-2-3-5-9-15)28-18(24)12-13-23-20(26)16-10-6-7-11-17(16)21(23)27/h14-17H,2-13H2,1H3,(H,22,25)/t14-,16-,17+/m0/s1. The Hall–Kier alpha value is -1.92. The number of amides is 3. The molecule has 1 aliphatic heterocycles. The number of imide groups is 1. The van der Waals surface area contributed by atoms with E-state index in [2.05, 4.69) is 5.32 Å². The van der Waals surface area contributed by atoms with Crippen LogP contribution in [0.5, 0.6) is 0 Å². The van der Waals surface area contributed by atoms with Crippen LogP contribution in [-0.4, -0.2) is 47.3 Å². The van der Waals surface area contributed by atoms with Crippen molar-refractivity contribution in [1.29, 1.82) is 0 Å². The van der Waals surface area contributed by atoms with Crippen LogP contribution in [0, 0.1) is 11.8 Å². The number of rotatable bonds is 6. The number of likely N-dealkylation sites (tertiary alicyclic amines) is 1. The molecule has 0 aromatic heterocycles. The average Bonchev–Trinajstić information content (AvgIpc) is 2.85. The number of nitrogens with zero attached hydrogens (tertiary/aromatic N) is 1. The largest absolute Gasteiger partial charge is 0.452 e. The molecule has 2 aliphatic carbocycles. The van der Waals surface area contributed by atoms with Crippen molar-refractivity contribution in [3.05, 3.63) is 0 Å². The van der Waals surface area contributed by atoms with E-state index in [0.717, 1.165) is 51.4 Å². The molecule has 3 atom stereocenters. The molecule has 7 nitrogen and oxygen atoms in total. The lowest BCUT2D eigenvalue weighted by Crippen LogP contribution is -2.42. The summed E-state index contributed by atoms with van der Waals surface area (Å²) in [7, 11) is 0. The van der Waals surface area contributed by atoms with Crippen LogP contribution in [0.25, 0.3) is 0 Å². The van der Waals surface area contributed by atoms with E-state index < -0.39 is 12.1 Å². The lowest BCUT2D eigenvalue weighted by Gasteiger charge is -2.20. The van der Waals surface area contributed by atoms with Crippen LogP contribution in [0.4, 0.5) is 0 Å². The fraction of sp³-hybridized carbons (Fsp3) is 0.810. The summed E-state index contributed by atoms with van der Waals surface area (Å²) in [6.45, 7) is 1.60. The number of esters is 1. The first-order chi connectivity index (χ1) is 13.5. The van der Waals surface area contributed by atoms with Crippen molar-refractivity contribution >= 4 is 23.7 Å². The van der Waals surface area contributed by atoms with Gasteiger partial charge in [-0.3, -0.25) is 24.1 Å². The topological polar surface area (TPSA) is 92.8 Å². The molecule has 3 rings (SSSR count). The number of hydrogen-bond donors (Lipinski definition) is 1. The first kappa shape index (κ1) is 20.8. The van der Waals surface area contributed by atoms with Gasteiger partial charge in [-0.1, -0.05) is 38.5 Å². The molecule has 0 aromatic carbocycles. The number of carbonyl (C=O) groups excluding carboxylic acids is 4. The van der Waals surface area contributed by atoms with Crippen LogP contribution in [0.1, 0.15) is 77.6 Å². The summed E-state index contributed by atoms with van der Waals surface area (Å²) in [4.78, 5) is 50.5. The molecule has 1 saturated heterocycles. The Labute approximate surface area is 166 Å². The first-order valence-corrected chi connectivity index (χ1v) is 10.8. The molecule has 3 fully saturated rings. The highest BCUT2D eigenvalue weighted by Gasteiger charge is 2.47. The average molecular weight is 392 g/mol. The van der Waals surface area contributed by atoms with Crippen molar-refractivity contribution in [3.63, 3.8) is 0 Å². The van der Waals surface area contributed by atoms with E-state index in [1.807, 2.05) is 0 Å². The van der Waals surface area contributed by atoms with Crippen molar-refractivity contribution in [2.75, 3.05) is 6.54 Å². The third-order valence-electron chi connectivity index (χ3n) is 6.35. The minimum Gasteiger partial charge on any atom is -0.452 e. The molecular weight excluding hydrogens is 360 g/mol. The summed E-state index contributed by atoms with van der Waals surface area (Å²) in [5.41, 5.74) is 0. The Morgan fingerprint density at radius 3 is 2.07 bits per heavy atom. The molecule has 2 saturated carbocycles. The van der Waals surface area contributed by atoms with Gasteiger partial charge in [0.2, 0.25) is 11.8 Å². The highest BCUT2D eigenvalue weighted by atomic mass is 16.5. The Morgan fingerprint density at radius 1 is 0.964 bits per heavy atom. The van der Waals surface area contributed by atoms with Gasteiger partial charge in [-0.2, -0.15) is 0 Å². The second-order valence-corrected chi connectivity index (χ2v) is 8.40. The first-order valence-electron chi connectivity index (χ1n) is 10.8. The second kappa shape index (κ2) is 9.52. The maximum absolute atomic E-state index is 12.4. The SMILES string of the molecule is C[C@H](OC(=O)CCN1C(=O)[C@H]2CCCC[C@H]2C1=O)C(=O)NC1CCCCCC1. The van der Waals surface area contributed by atoms with Gasteiger partial charge in [-0.25, -0.2) is 0 Å². The molecule has 0 aromatic rings. The molecule has 0 spiro atoms. The van der Waals surface area contributed by atoms with E-state index in [4.69, 9.17) is 4.74 Å². The van der Waals surface area contributed by atoms with Crippen molar-refractivity contribution in [1.82, 2.24) is 10.2 Å². The van der Waals surface area contributed by atoms with Gasteiger partial charge in [0.1, 0.15) is 0 Å². The Morgan fingerprint density at radius 2 is 1.50 bits per heavy atom. The summed E-state index contributed by atoms with van der Waals surface area (Å²) >= 11 is 0. The Kier molecular flexibility index (Phi) is 7.08. The van der Waals surface area contributed by atoms with E-state index in [-0.39, 0.29) is 48.6 Å². The van der Waals surface area contributed by atoms with E-state index in [1.165, 1.54) is 17.7 Å². The van der Waals surface area contributed by atoms with Gasteiger partial charge in [0.25, 0.3) is 5.91 Å². The number of hydrogen-bond acceptors (Lipinski definition) is 5. The van der Waals surface area contributed by atoms with Crippen LogP contribution in [-0.2, 0) is 23.9 Å². The van der Waals surface area contributed by atoms with Crippen molar-refractivity contribution in [3.8, 4) is 0 Å². The Bertz CT molecular complexity index is 588.